The molecule has 1 amide bonds. The van der Waals surface area contributed by atoms with Gasteiger partial charge in [0.05, 0.1) is 25.2 Å². The Morgan fingerprint density at radius 1 is 1.48 bits per heavy atom. The number of hydrogen-bond donors (Lipinski definition) is 2. The Morgan fingerprint density at radius 3 is 2.86 bits per heavy atom. The van der Waals surface area contributed by atoms with E-state index in [0.29, 0.717) is 13.2 Å². The number of ether oxygens (including phenoxy) is 1. The molecule has 3 atom stereocenters. The van der Waals surface area contributed by atoms with Crippen LogP contribution in [0.5, 0.6) is 0 Å². The fourth-order valence-electron chi connectivity index (χ4n) is 2.82. The summed E-state index contributed by atoms with van der Waals surface area (Å²) in [5.74, 6) is 0.0101. The van der Waals surface area contributed by atoms with Gasteiger partial charge in [-0.05, 0) is 45.4 Å². The summed E-state index contributed by atoms with van der Waals surface area (Å²) >= 11 is 1.78. The van der Waals surface area contributed by atoms with Crippen molar-refractivity contribution in [3.8, 4) is 0 Å². The van der Waals surface area contributed by atoms with E-state index in [1.165, 1.54) is 15.3 Å². The molecule has 1 aliphatic heterocycles. The number of rotatable bonds is 6. The quantitative estimate of drug-likeness (QED) is 0.849. The summed E-state index contributed by atoms with van der Waals surface area (Å²) in [6.45, 7) is 10.5. The summed E-state index contributed by atoms with van der Waals surface area (Å²) in [7, 11) is 0. The van der Waals surface area contributed by atoms with Crippen molar-refractivity contribution in [3.63, 3.8) is 0 Å². The molecule has 4 nitrogen and oxygen atoms in total. The number of thiophene rings is 1. The standard InChI is InChI=1S/C16H26N2O2S/c1-5-6-17-15-9-20-8-14(15)16(19)18-11(3)13-7-10(2)21-12(13)4/h7,11,14-15,17H,5-6,8-9H2,1-4H3,(H,18,19). The lowest BCUT2D eigenvalue weighted by Gasteiger charge is -2.21. The summed E-state index contributed by atoms with van der Waals surface area (Å²) in [6.07, 6.45) is 1.06. The van der Waals surface area contributed by atoms with Crippen LogP contribution in [0.3, 0.4) is 0 Å². The molecule has 2 N–H and O–H groups in total. The van der Waals surface area contributed by atoms with Crippen LogP contribution in [0.2, 0.25) is 0 Å². The Morgan fingerprint density at radius 2 is 2.24 bits per heavy atom. The number of amides is 1. The maximum Gasteiger partial charge on any atom is 0.227 e. The number of carbonyl (C=O) groups is 1. The summed E-state index contributed by atoms with van der Waals surface area (Å²) in [6, 6.07) is 2.36. The van der Waals surface area contributed by atoms with Crippen LogP contribution in [0, 0.1) is 19.8 Å². The third-order valence-electron chi connectivity index (χ3n) is 3.98. The van der Waals surface area contributed by atoms with Gasteiger partial charge in [0, 0.05) is 15.8 Å². The van der Waals surface area contributed by atoms with Crippen LogP contribution in [0.25, 0.3) is 0 Å². The maximum atomic E-state index is 12.5. The van der Waals surface area contributed by atoms with E-state index in [1.807, 2.05) is 0 Å². The maximum absolute atomic E-state index is 12.5. The molecule has 0 saturated carbocycles. The first-order chi connectivity index (χ1) is 10.0. The van der Waals surface area contributed by atoms with Crippen molar-refractivity contribution < 1.29 is 9.53 Å². The molecule has 1 fully saturated rings. The SMILES string of the molecule is CCCNC1COCC1C(=O)NC(C)c1cc(C)sc1C. The topological polar surface area (TPSA) is 50.4 Å². The smallest absolute Gasteiger partial charge is 0.227 e. The summed E-state index contributed by atoms with van der Waals surface area (Å²) < 4.78 is 5.48. The second kappa shape index (κ2) is 7.38. The van der Waals surface area contributed by atoms with Gasteiger partial charge < -0.3 is 15.4 Å². The second-order valence-electron chi connectivity index (χ2n) is 5.80. The highest BCUT2D eigenvalue weighted by Crippen LogP contribution is 2.26. The van der Waals surface area contributed by atoms with Crippen molar-refractivity contribution in [2.45, 2.75) is 46.2 Å². The lowest BCUT2D eigenvalue weighted by Crippen LogP contribution is -2.44. The van der Waals surface area contributed by atoms with Gasteiger partial charge in [0.25, 0.3) is 0 Å². The minimum atomic E-state index is -0.0842. The normalized spacial score (nSPS) is 23.2. The Hall–Kier alpha value is -0.910. The molecule has 1 saturated heterocycles. The molecule has 118 valence electrons. The molecule has 0 aliphatic carbocycles. The Bertz CT molecular complexity index is 487. The highest BCUT2D eigenvalue weighted by molar-refractivity contribution is 7.12. The van der Waals surface area contributed by atoms with Crippen LogP contribution >= 0.6 is 11.3 Å². The van der Waals surface area contributed by atoms with Crippen LogP contribution in [-0.4, -0.2) is 31.7 Å². The molecule has 1 aromatic rings. The average Bonchev–Trinajstić information content (AvgIpc) is 3.02. The van der Waals surface area contributed by atoms with Crippen LogP contribution in [0.4, 0.5) is 0 Å². The van der Waals surface area contributed by atoms with E-state index < -0.39 is 0 Å². The molecule has 3 unspecified atom stereocenters. The predicted molar refractivity (Wildman–Crippen MR) is 86.7 cm³/mol. The molecule has 0 bridgehead atoms. The monoisotopic (exact) mass is 310 g/mol. The number of hydrogen-bond acceptors (Lipinski definition) is 4. The van der Waals surface area contributed by atoms with Crippen molar-refractivity contribution in [1.82, 2.24) is 10.6 Å². The van der Waals surface area contributed by atoms with E-state index in [9.17, 15) is 4.79 Å². The summed E-state index contributed by atoms with van der Waals surface area (Å²) in [4.78, 5) is 15.1. The van der Waals surface area contributed by atoms with Gasteiger partial charge >= 0.3 is 0 Å². The van der Waals surface area contributed by atoms with Crippen molar-refractivity contribution in [3.05, 3.63) is 21.4 Å². The number of carbonyl (C=O) groups excluding carboxylic acids is 1. The Labute approximate surface area is 131 Å². The fraction of sp³-hybridized carbons (Fsp3) is 0.688. The molecule has 1 aliphatic rings. The van der Waals surface area contributed by atoms with Gasteiger partial charge in [-0.3, -0.25) is 4.79 Å². The predicted octanol–water partition coefficient (Wildman–Crippen LogP) is 2.56. The molecule has 2 heterocycles. The van der Waals surface area contributed by atoms with Crippen molar-refractivity contribution in [2.24, 2.45) is 5.92 Å². The molecule has 21 heavy (non-hydrogen) atoms. The van der Waals surface area contributed by atoms with E-state index in [1.54, 1.807) is 11.3 Å². The zero-order chi connectivity index (χ0) is 15.4. The third kappa shape index (κ3) is 4.05. The van der Waals surface area contributed by atoms with Gasteiger partial charge in [0.2, 0.25) is 5.91 Å². The first-order valence-corrected chi connectivity index (χ1v) is 8.53. The largest absolute Gasteiger partial charge is 0.379 e. The van der Waals surface area contributed by atoms with Gasteiger partial charge in [0.15, 0.2) is 0 Å². The van der Waals surface area contributed by atoms with E-state index in [-0.39, 0.29) is 23.9 Å². The minimum absolute atomic E-state index is 0.0508. The summed E-state index contributed by atoms with van der Waals surface area (Å²) in [5.41, 5.74) is 1.22. The van der Waals surface area contributed by atoms with Crippen LogP contribution in [0.15, 0.2) is 6.07 Å². The first kappa shape index (κ1) is 16.5. The first-order valence-electron chi connectivity index (χ1n) is 7.71. The van der Waals surface area contributed by atoms with Crippen molar-refractivity contribution in [2.75, 3.05) is 19.8 Å². The highest BCUT2D eigenvalue weighted by Gasteiger charge is 2.34. The molecule has 1 aromatic heterocycles. The molecule has 0 aromatic carbocycles. The number of nitrogens with one attached hydrogen (secondary N) is 2. The molecule has 0 radical (unpaired) electrons. The molecular weight excluding hydrogens is 284 g/mol. The molecule has 5 heteroatoms. The second-order valence-corrected chi connectivity index (χ2v) is 7.26. The average molecular weight is 310 g/mol. The van der Waals surface area contributed by atoms with Crippen LogP contribution in [-0.2, 0) is 9.53 Å². The molecule has 0 spiro atoms. The fourth-order valence-corrected chi connectivity index (χ4v) is 3.84. The van der Waals surface area contributed by atoms with Crippen LogP contribution in [0.1, 0.15) is 41.6 Å². The van der Waals surface area contributed by atoms with Gasteiger partial charge in [-0.25, -0.2) is 0 Å². The highest BCUT2D eigenvalue weighted by atomic mass is 32.1. The lowest BCUT2D eigenvalue weighted by atomic mass is 10.0. The Kier molecular flexibility index (Phi) is 5.79. The van der Waals surface area contributed by atoms with E-state index >= 15 is 0 Å². The van der Waals surface area contributed by atoms with Gasteiger partial charge in [-0.2, -0.15) is 0 Å². The third-order valence-corrected chi connectivity index (χ3v) is 4.96. The summed E-state index contributed by atoms with van der Waals surface area (Å²) in [5, 5.41) is 6.55. The van der Waals surface area contributed by atoms with Crippen molar-refractivity contribution in [1.29, 1.82) is 0 Å². The van der Waals surface area contributed by atoms with Crippen molar-refractivity contribution >= 4 is 17.2 Å². The van der Waals surface area contributed by atoms with Gasteiger partial charge in [0.1, 0.15) is 0 Å². The van der Waals surface area contributed by atoms with Gasteiger partial charge in [-0.1, -0.05) is 6.92 Å². The zero-order valence-corrected chi connectivity index (χ0v) is 14.2. The molecular formula is C16H26N2O2S. The van der Waals surface area contributed by atoms with E-state index in [0.717, 1.165) is 13.0 Å². The minimum Gasteiger partial charge on any atom is -0.379 e. The van der Waals surface area contributed by atoms with E-state index in [4.69, 9.17) is 4.74 Å². The number of aryl methyl sites for hydroxylation is 2. The lowest BCUT2D eigenvalue weighted by molar-refractivity contribution is -0.126. The van der Waals surface area contributed by atoms with Gasteiger partial charge in [-0.15, -0.1) is 11.3 Å². The van der Waals surface area contributed by atoms with E-state index in [2.05, 4.69) is 44.4 Å². The molecule has 2 rings (SSSR count). The zero-order valence-electron chi connectivity index (χ0n) is 13.4. The Balaban J connectivity index is 1.95. The van der Waals surface area contributed by atoms with Crippen LogP contribution < -0.4 is 10.6 Å².